The molecule has 0 heteroatoms. The smallest absolute Gasteiger partial charge is 0.0351 e. The van der Waals surface area contributed by atoms with E-state index < -0.39 is 0 Å². The van der Waals surface area contributed by atoms with E-state index in [0.717, 1.165) is 0 Å². The molecule has 0 atom stereocenters. The summed E-state index contributed by atoms with van der Waals surface area (Å²) in [6.45, 7) is 11.3. The van der Waals surface area contributed by atoms with Gasteiger partial charge in [-0.2, -0.15) is 0 Å². The van der Waals surface area contributed by atoms with Crippen LogP contribution in [0.1, 0.15) is 104 Å². The number of hydrogen-bond donors (Lipinski definition) is 0. The van der Waals surface area contributed by atoms with Gasteiger partial charge in [0.05, 0.1) is 0 Å². The second kappa shape index (κ2) is 25.2. The Morgan fingerprint density at radius 2 is 0.818 bits per heavy atom. The molecule has 0 unspecified atom stereocenters. The predicted molar refractivity (Wildman–Crippen MR) is 106 cm³/mol. The minimum atomic E-state index is 1.31. The maximum Gasteiger partial charge on any atom is -0.0351 e. The van der Waals surface area contributed by atoms with Crippen LogP contribution in [0.5, 0.6) is 0 Å². The molecule has 0 saturated carbocycles. The molecule has 0 fully saturated rings. The molecule has 0 bridgehead atoms. The van der Waals surface area contributed by atoms with Gasteiger partial charge in [-0.3, -0.25) is 0 Å². The van der Waals surface area contributed by atoms with E-state index in [-0.39, 0.29) is 0 Å². The van der Waals surface area contributed by atoms with Crippen LogP contribution in [0.2, 0.25) is 0 Å². The average Bonchev–Trinajstić information content (AvgIpc) is 2.55. The van der Waals surface area contributed by atoms with Crippen LogP contribution in [0, 0.1) is 0 Å². The normalized spacial score (nSPS) is 10.3. The van der Waals surface area contributed by atoms with E-state index in [1.165, 1.54) is 89.9 Å². The molecule has 130 valence electrons. The van der Waals surface area contributed by atoms with E-state index in [9.17, 15) is 0 Å². The van der Waals surface area contributed by atoms with Gasteiger partial charge in [0, 0.05) is 0 Å². The fraction of sp³-hybridized carbons (Fsp3) is 0.727. The van der Waals surface area contributed by atoms with Gasteiger partial charge in [0.1, 0.15) is 0 Å². The monoisotopic (exact) mass is 306 g/mol. The Morgan fingerprint density at radius 3 is 1.14 bits per heavy atom. The van der Waals surface area contributed by atoms with Crippen molar-refractivity contribution in [3.8, 4) is 0 Å². The third kappa shape index (κ3) is 27.5. The summed E-state index contributed by atoms with van der Waals surface area (Å²) in [5.41, 5.74) is 0. The molecule has 0 radical (unpaired) electrons. The minimum Gasteiger partial charge on any atom is -0.0991 e. The van der Waals surface area contributed by atoms with Gasteiger partial charge in [-0.15, -0.1) is 0 Å². The molecular weight excluding hydrogens is 264 g/mol. The molecule has 0 saturated heterocycles. The van der Waals surface area contributed by atoms with E-state index in [4.69, 9.17) is 0 Å². The summed E-state index contributed by atoms with van der Waals surface area (Å²) in [6.07, 6.45) is 27.7. The zero-order valence-corrected chi connectivity index (χ0v) is 15.6. The van der Waals surface area contributed by atoms with E-state index in [1.54, 1.807) is 12.2 Å². The number of hydrogen-bond acceptors (Lipinski definition) is 0. The highest BCUT2D eigenvalue weighted by molar-refractivity contribution is 4.88. The first-order valence-corrected chi connectivity index (χ1v) is 9.71. The first kappa shape index (κ1) is 23.5. The zero-order chi connectivity index (χ0) is 16.7. The lowest BCUT2D eigenvalue weighted by atomic mass is 10.1. The molecular formula is C22H42. The van der Waals surface area contributed by atoms with Crippen molar-refractivity contribution in [2.45, 2.75) is 104 Å². The maximum absolute atomic E-state index is 3.36. The molecule has 0 aromatic carbocycles. The van der Waals surface area contributed by atoms with Crippen molar-refractivity contribution in [3.05, 3.63) is 37.5 Å². The van der Waals surface area contributed by atoms with Gasteiger partial charge in [0.2, 0.25) is 0 Å². The molecule has 0 heterocycles. The van der Waals surface area contributed by atoms with Crippen LogP contribution in [0.4, 0.5) is 0 Å². The number of allylic oxidation sites excluding steroid dienone is 4. The third-order valence-corrected chi connectivity index (χ3v) is 3.78. The van der Waals surface area contributed by atoms with E-state index in [1.807, 2.05) is 0 Å². The third-order valence-electron chi connectivity index (χ3n) is 3.78. The van der Waals surface area contributed by atoms with E-state index >= 15 is 0 Å². The molecule has 0 rings (SSSR count). The van der Waals surface area contributed by atoms with Gasteiger partial charge in [-0.1, -0.05) is 116 Å². The molecule has 0 aromatic heterocycles. The molecule has 0 spiro atoms. The summed E-state index contributed by atoms with van der Waals surface area (Å²) in [5.74, 6) is 0. The molecule has 0 N–H and O–H groups in total. The van der Waals surface area contributed by atoms with Crippen molar-refractivity contribution >= 4 is 0 Å². The van der Waals surface area contributed by atoms with Gasteiger partial charge in [0.15, 0.2) is 0 Å². The lowest BCUT2D eigenvalue weighted by molar-refractivity contribution is 0.606. The first-order valence-electron chi connectivity index (χ1n) is 9.71. The molecule has 0 nitrogen and oxygen atoms in total. The van der Waals surface area contributed by atoms with Gasteiger partial charge in [0.25, 0.3) is 0 Å². The Bertz CT molecular complexity index is 200. The van der Waals surface area contributed by atoms with Crippen LogP contribution in [0.25, 0.3) is 0 Å². The van der Waals surface area contributed by atoms with E-state index in [0.29, 0.717) is 0 Å². The number of unbranched alkanes of at least 4 members (excludes halogenated alkanes) is 12. The van der Waals surface area contributed by atoms with Crippen molar-refractivity contribution < 1.29 is 0 Å². The van der Waals surface area contributed by atoms with Gasteiger partial charge < -0.3 is 0 Å². The summed E-state index contributed by atoms with van der Waals surface area (Å²) < 4.78 is 0. The second-order valence-electron chi connectivity index (χ2n) is 6.06. The number of rotatable bonds is 15. The van der Waals surface area contributed by atoms with Crippen molar-refractivity contribution in [1.29, 1.82) is 0 Å². The lowest BCUT2D eigenvalue weighted by Crippen LogP contribution is -1.79. The summed E-state index contributed by atoms with van der Waals surface area (Å²) in [7, 11) is 0. The first-order chi connectivity index (χ1) is 10.8. The van der Waals surface area contributed by atoms with Crippen molar-refractivity contribution in [3.63, 3.8) is 0 Å². The standard InChI is InChI=1S/C18H36.C4H6/c1-3-5-7-9-11-13-15-17-18-16-14-12-10-8-6-4-2;1-3-4-2/h17-18H,3-16H2,1-2H3;3-4H,1-2H2/b18-17-;. The van der Waals surface area contributed by atoms with Crippen LogP contribution in [0.15, 0.2) is 37.5 Å². The quantitative estimate of drug-likeness (QED) is 0.162. The van der Waals surface area contributed by atoms with Crippen molar-refractivity contribution in [2.24, 2.45) is 0 Å². The predicted octanol–water partition coefficient (Wildman–Crippen LogP) is 8.40. The van der Waals surface area contributed by atoms with Crippen molar-refractivity contribution in [1.82, 2.24) is 0 Å². The Balaban J connectivity index is 0. The molecule has 0 aliphatic rings. The Hall–Kier alpha value is -0.780. The molecule has 22 heavy (non-hydrogen) atoms. The Labute approximate surface area is 141 Å². The topological polar surface area (TPSA) is 0 Å². The maximum atomic E-state index is 3.36. The second-order valence-corrected chi connectivity index (χ2v) is 6.06. The Kier molecular flexibility index (Phi) is 26.9. The fourth-order valence-corrected chi connectivity index (χ4v) is 2.32. The molecule has 0 aliphatic heterocycles. The average molecular weight is 307 g/mol. The highest BCUT2D eigenvalue weighted by Gasteiger charge is 1.89. The summed E-state index contributed by atoms with van der Waals surface area (Å²) in [6, 6.07) is 0. The molecule has 0 amide bonds. The fourth-order valence-electron chi connectivity index (χ4n) is 2.32. The highest BCUT2D eigenvalue weighted by atomic mass is 14.0. The van der Waals surface area contributed by atoms with Gasteiger partial charge in [-0.25, -0.2) is 0 Å². The largest absolute Gasteiger partial charge is 0.0991 e. The summed E-state index contributed by atoms with van der Waals surface area (Å²) in [4.78, 5) is 0. The van der Waals surface area contributed by atoms with E-state index in [2.05, 4.69) is 39.2 Å². The van der Waals surface area contributed by atoms with Crippen LogP contribution in [-0.4, -0.2) is 0 Å². The minimum absolute atomic E-state index is 1.31. The highest BCUT2D eigenvalue weighted by Crippen LogP contribution is 2.09. The Morgan fingerprint density at radius 1 is 0.500 bits per heavy atom. The van der Waals surface area contributed by atoms with Crippen LogP contribution >= 0.6 is 0 Å². The summed E-state index contributed by atoms with van der Waals surface area (Å²) >= 11 is 0. The van der Waals surface area contributed by atoms with Crippen LogP contribution < -0.4 is 0 Å². The zero-order valence-electron chi connectivity index (χ0n) is 15.6. The molecule has 0 aliphatic carbocycles. The van der Waals surface area contributed by atoms with Crippen LogP contribution in [-0.2, 0) is 0 Å². The van der Waals surface area contributed by atoms with Crippen molar-refractivity contribution in [2.75, 3.05) is 0 Å². The summed E-state index contributed by atoms with van der Waals surface area (Å²) in [5, 5.41) is 0. The molecule has 0 aromatic rings. The lowest BCUT2D eigenvalue weighted by Gasteiger charge is -1.98. The van der Waals surface area contributed by atoms with Gasteiger partial charge in [-0.05, 0) is 25.7 Å². The SMILES string of the molecule is C=CC=C.CCCCCCCC/C=C\CCCCCCCC. The van der Waals surface area contributed by atoms with Crippen LogP contribution in [0.3, 0.4) is 0 Å². The van der Waals surface area contributed by atoms with Gasteiger partial charge >= 0.3 is 0 Å².